The molecule has 3 heteroatoms. The second-order valence-electron chi connectivity index (χ2n) is 6.18. The molecule has 0 aromatic carbocycles. The Morgan fingerprint density at radius 2 is 1.75 bits per heavy atom. The van der Waals surface area contributed by atoms with Crippen LogP contribution in [0.4, 0.5) is 0 Å². The van der Waals surface area contributed by atoms with Crippen LogP contribution in [0.15, 0.2) is 11.0 Å². The Hall–Kier alpha value is -1.56. The first kappa shape index (κ1) is 13.4. The number of hydrogen-bond acceptors (Lipinski definition) is 2. The molecule has 0 N–H and O–H groups in total. The average Bonchev–Trinajstić information content (AvgIpc) is 2.76. The van der Waals surface area contributed by atoms with Crippen LogP contribution in [-0.2, 0) is 12.8 Å². The monoisotopic (exact) mass is 270 g/mol. The maximum atomic E-state index is 12.6. The molecule has 0 amide bonds. The molecule has 0 spiro atoms. The Kier molecular flexibility index (Phi) is 3.91. The Morgan fingerprint density at radius 3 is 2.45 bits per heavy atom. The minimum atomic E-state index is -0.0416. The number of hydrogen-bond donors (Lipinski definition) is 0. The van der Waals surface area contributed by atoms with E-state index in [0.29, 0.717) is 11.6 Å². The number of pyridine rings is 1. The van der Waals surface area contributed by atoms with E-state index in [1.165, 1.54) is 37.7 Å². The van der Waals surface area contributed by atoms with Gasteiger partial charge in [0.25, 0.3) is 5.56 Å². The van der Waals surface area contributed by atoms with Crippen molar-refractivity contribution in [2.45, 2.75) is 70.3 Å². The van der Waals surface area contributed by atoms with Gasteiger partial charge in [-0.1, -0.05) is 25.7 Å². The first-order chi connectivity index (χ1) is 9.81. The van der Waals surface area contributed by atoms with Crippen LogP contribution in [0, 0.1) is 11.3 Å². The minimum Gasteiger partial charge on any atom is -0.311 e. The molecule has 0 saturated heterocycles. The lowest BCUT2D eigenvalue weighted by Crippen LogP contribution is -2.29. The summed E-state index contributed by atoms with van der Waals surface area (Å²) in [5, 5.41) is 9.39. The van der Waals surface area contributed by atoms with Gasteiger partial charge in [0, 0.05) is 12.2 Å². The summed E-state index contributed by atoms with van der Waals surface area (Å²) in [5.74, 6) is 0. The summed E-state index contributed by atoms with van der Waals surface area (Å²) in [4.78, 5) is 12.6. The molecule has 0 bridgehead atoms. The highest BCUT2D eigenvalue weighted by molar-refractivity contribution is 5.42. The van der Waals surface area contributed by atoms with Gasteiger partial charge in [-0.2, -0.15) is 5.26 Å². The molecule has 1 aromatic rings. The smallest absolute Gasteiger partial charge is 0.269 e. The maximum Gasteiger partial charge on any atom is 0.269 e. The van der Waals surface area contributed by atoms with Gasteiger partial charge in [0.15, 0.2) is 0 Å². The van der Waals surface area contributed by atoms with Crippen molar-refractivity contribution in [3.8, 4) is 6.07 Å². The number of fused-ring (bicyclic) bond motifs is 1. The third-order valence-electron chi connectivity index (χ3n) is 4.89. The fourth-order valence-electron chi connectivity index (χ4n) is 3.76. The largest absolute Gasteiger partial charge is 0.311 e. The first-order valence-electron chi connectivity index (χ1n) is 7.98. The SMILES string of the molecule is N#Cc1c2c(cn(C3CCCCCC3)c1=O)CCCC2. The van der Waals surface area contributed by atoms with Crippen LogP contribution in [0.25, 0.3) is 0 Å². The maximum absolute atomic E-state index is 12.6. The molecule has 106 valence electrons. The van der Waals surface area contributed by atoms with Crippen molar-refractivity contribution >= 4 is 0 Å². The van der Waals surface area contributed by atoms with Crippen LogP contribution >= 0.6 is 0 Å². The van der Waals surface area contributed by atoms with Crippen molar-refractivity contribution in [3.05, 3.63) is 33.2 Å². The predicted molar refractivity (Wildman–Crippen MR) is 78.8 cm³/mol. The topological polar surface area (TPSA) is 45.8 Å². The molecule has 1 fully saturated rings. The third-order valence-corrected chi connectivity index (χ3v) is 4.89. The highest BCUT2D eigenvalue weighted by Gasteiger charge is 2.22. The van der Waals surface area contributed by atoms with Gasteiger partial charge in [-0.3, -0.25) is 4.79 Å². The van der Waals surface area contributed by atoms with E-state index in [1.807, 2.05) is 4.57 Å². The fraction of sp³-hybridized carbons (Fsp3) is 0.647. The summed E-state index contributed by atoms with van der Waals surface area (Å²) in [6.07, 6.45) is 13.4. The molecule has 1 aromatic heterocycles. The zero-order valence-corrected chi connectivity index (χ0v) is 12.0. The third kappa shape index (κ3) is 2.40. The summed E-state index contributed by atoms with van der Waals surface area (Å²) in [7, 11) is 0. The average molecular weight is 270 g/mol. The molecular weight excluding hydrogens is 248 g/mol. The van der Waals surface area contributed by atoms with Gasteiger partial charge >= 0.3 is 0 Å². The highest BCUT2D eigenvalue weighted by atomic mass is 16.1. The number of nitriles is 1. The number of aromatic nitrogens is 1. The molecule has 1 heterocycles. The zero-order chi connectivity index (χ0) is 13.9. The van der Waals surface area contributed by atoms with E-state index in [1.54, 1.807) is 0 Å². The van der Waals surface area contributed by atoms with Crippen LogP contribution in [0.5, 0.6) is 0 Å². The van der Waals surface area contributed by atoms with Gasteiger partial charge in [-0.25, -0.2) is 0 Å². The molecule has 2 aliphatic rings. The molecule has 0 atom stereocenters. The first-order valence-corrected chi connectivity index (χ1v) is 7.98. The molecule has 20 heavy (non-hydrogen) atoms. The molecule has 0 radical (unpaired) electrons. The van der Waals surface area contributed by atoms with Crippen LogP contribution in [0.3, 0.4) is 0 Å². The Balaban J connectivity index is 2.07. The zero-order valence-electron chi connectivity index (χ0n) is 12.0. The second-order valence-corrected chi connectivity index (χ2v) is 6.18. The van der Waals surface area contributed by atoms with E-state index in [2.05, 4.69) is 12.3 Å². The fourth-order valence-corrected chi connectivity index (χ4v) is 3.76. The summed E-state index contributed by atoms with van der Waals surface area (Å²) in [6, 6.07) is 2.49. The van der Waals surface area contributed by atoms with E-state index >= 15 is 0 Å². The summed E-state index contributed by atoms with van der Waals surface area (Å²) >= 11 is 0. The molecule has 3 nitrogen and oxygen atoms in total. The predicted octanol–water partition coefficient (Wildman–Crippen LogP) is 3.49. The number of aryl methyl sites for hydroxylation is 1. The normalized spacial score (nSPS) is 19.9. The van der Waals surface area contributed by atoms with Crippen LogP contribution in [0.2, 0.25) is 0 Å². The number of nitrogens with zero attached hydrogens (tertiary/aromatic N) is 2. The molecule has 3 rings (SSSR count). The number of rotatable bonds is 1. The van der Waals surface area contributed by atoms with Gasteiger partial charge in [-0.05, 0) is 49.7 Å². The van der Waals surface area contributed by atoms with Crippen LogP contribution in [-0.4, -0.2) is 4.57 Å². The Labute approximate surface area is 120 Å². The molecule has 0 unspecified atom stereocenters. The second kappa shape index (κ2) is 5.83. The molecule has 2 aliphatic carbocycles. The van der Waals surface area contributed by atoms with Gasteiger partial charge in [0.1, 0.15) is 11.6 Å². The van der Waals surface area contributed by atoms with Gasteiger partial charge in [0.2, 0.25) is 0 Å². The minimum absolute atomic E-state index is 0.0416. The van der Waals surface area contributed by atoms with E-state index in [4.69, 9.17) is 0 Å². The van der Waals surface area contributed by atoms with E-state index < -0.39 is 0 Å². The van der Waals surface area contributed by atoms with E-state index in [-0.39, 0.29) is 5.56 Å². The highest BCUT2D eigenvalue weighted by Crippen LogP contribution is 2.28. The van der Waals surface area contributed by atoms with Crippen molar-refractivity contribution in [1.82, 2.24) is 4.57 Å². The van der Waals surface area contributed by atoms with Crippen molar-refractivity contribution in [3.63, 3.8) is 0 Å². The summed E-state index contributed by atoms with van der Waals surface area (Å²) in [6.45, 7) is 0. The Morgan fingerprint density at radius 1 is 1.05 bits per heavy atom. The van der Waals surface area contributed by atoms with Crippen molar-refractivity contribution in [1.29, 1.82) is 5.26 Å². The van der Waals surface area contributed by atoms with E-state index in [9.17, 15) is 10.1 Å². The lowest BCUT2D eigenvalue weighted by molar-refractivity contribution is 0.428. The van der Waals surface area contributed by atoms with Crippen molar-refractivity contribution in [2.75, 3.05) is 0 Å². The van der Waals surface area contributed by atoms with Crippen molar-refractivity contribution in [2.24, 2.45) is 0 Å². The summed E-state index contributed by atoms with van der Waals surface area (Å²) in [5.41, 5.74) is 2.66. The summed E-state index contributed by atoms with van der Waals surface area (Å²) < 4.78 is 1.90. The van der Waals surface area contributed by atoms with Crippen molar-refractivity contribution < 1.29 is 0 Å². The quantitative estimate of drug-likeness (QED) is 0.733. The molecule has 1 saturated carbocycles. The standard InChI is InChI=1S/C17H22N2O/c18-11-16-15-10-6-5-7-13(15)12-19(17(16)20)14-8-3-1-2-4-9-14/h12,14H,1-10H2. The lowest BCUT2D eigenvalue weighted by atomic mass is 9.90. The van der Waals surface area contributed by atoms with Gasteiger partial charge in [-0.15, -0.1) is 0 Å². The lowest BCUT2D eigenvalue weighted by Gasteiger charge is -2.23. The van der Waals surface area contributed by atoms with Gasteiger partial charge in [0.05, 0.1) is 0 Å². The van der Waals surface area contributed by atoms with Crippen LogP contribution < -0.4 is 5.56 Å². The van der Waals surface area contributed by atoms with E-state index in [0.717, 1.165) is 37.7 Å². The Bertz CT molecular complexity index is 586. The van der Waals surface area contributed by atoms with Crippen LogP contribution in [0.1, 0.15) is 74.1 Å². The van der Waals surface area contributed by atoms with Gasteiger partial charge < -0.3 is 4.57 Å². The molecular formula is C17H22N2O. The molecule has 0 aliphatic heterocycles.